The van der Waals surface area contributed by atoms with E-state index in [-0.39, 0.29) is 11.9 Å². The number of hydrogen-bond donors (Lipinski definition) is 2. The second kappa shape index (κ2) is 5.99. The number of amides is 1. The minimum Gasteiger partial charge on any atom is -0.390 e. The number of aliphatic hydroxyl groups is 1. The van der Waals surface area contributed by atoms with Gasteiger partial charge in [-0.3, -0.25) is 4.79 Å². The van der Waals surface area contributed by atoms with Crippen molar-refractivity contribution in [2.75, 3.05) is 31.1 Å². The van der Waals surface area contributed by atoms with E-state index in [1.807, 2.05) is 15.9 Å². The highest BCUT2D eigenvalue weighted by Crippen LogP contribution is 2.20. The number of piperidine rings is 1. The molecule has 2 aliphatic heterocycles. The van der Waals surface area contributed by atoms with E-state index in [2.05, 4.69) is 4.98 Å². The number of β-amino-alcohol motifs (C(OH)–C–C–N with tert-alkyl or cyclic N) is 1. The van der Waals surface area contributed by atoms with Gasteiger partial charge in [0.25, 0.3) is 5.91 Å². The van der Waals surface area contributed by atoms with Crippen molar-refractivity contribution in [3.05, 3.63) is 23.9 Å². The SMILES string of the molecule is N[C@@H]1CCN(c2cc(C(=O)N3CCCC3)ccn2)C[C@H]1O. The third-order valence-corrected chi connectivity index (χ3v) is 4.34. The molecule has 1 aromatic rings. The van der Waals surface area contributed by atoms with Crippen molar-refractivity contribution in [1.82, 2.24) is 9.88 Å². The fraction of sp³-hybridized carbons (Fsp3) is 0.600. The van der Waals surface area contributed by atoms with Gasteiger partial charge in [-0.1, -0.05) is 0 Å². The maximum atomic E-state index is 12.4. The maximum Gasteiger partial charge on any atom is 0.254 e. The van der Waals surface area contributed by atoms with Gasteiger partial charge >= 0.3 is 0 Å². The average Bonchev–Trinajstić information content (AvgIpc) is 3.04. The first-order valence-electron chi connectivity index (χ1n) is 7.59. The molecule has 0 spiro atoms. The molecule has 0 aromatic carbocycles. The number of anilines is 1. The van der Waals surface area contributed by atoms with Crippen LogP contribution in [0, 0.1) is 0 Å². The van der Waals surface area contributed by atoms with Gasteiger partial charge in [-0.2, -0.15) is 0 Å². The van der Waals surface area contributed by atoms with E-state index in [0.29, 0.717) is 12.1 Å². The van der Waals surface area contributed by atoms with Gasteiger partial charge in [-0.05, 0) is 31.4 Å². The monoisotopic (exact) mass is 290 g/mol. The normalized spacial score (nSPS) is 26.2. The third-order valence-electron chi connectivity index (χ3n) is 4.34. The van der Waals surface area contributed by atoms with Crippen molar-refractivity contribution >= 4 is 11.7 Å². The first kappa shape index (κ1) is 14.3. The summed E-state index contributed by atoms with van der Waals surface area (Å²) in [4.78, 5) is 20.6. The summed E-state index contributed by atoms with van der Waals surface area (Å²) in [6, 6.07) is 3.41. The molecule has 21 heavy (non-hydrogen) atoms. The highest BCUT2D eigenvalue weighted by molar-refractivity contribution is 5.95. The number of pyridine rings is 1. The Morgan fingerprint density at radius 2 is 2.10 bits per heavy atom. The lowest BCUT2D eigenvalue weighted by Gasteiger charge is -2.35. The molecule has 3 heterocycles. The minimum atomic E-state index is -0.543. The van der Waals surface area contributed by atoms with E-state index in [1.54, 1.807) is 12.3 Å². The van der Waals surface area contributed by atoms with Crippen LogP contribution in [-0.4, -0.2) is 59.2 Å². The Kier molecular flexibility index (Phi) is 4.07. The Morgan fingerprint density at radius 3 is 2.81 bits per heavy atom. The minimum absolute atomic E-state index is 0.0745. The predicted octanol–water partition coefficient (Wildman–Crippen LogP) is 0.216. The van der Waals surface area contributed by atoms with E-state index >= 15 is 0 Å². The quantitative estimate of drug-likeness (QED) is 0.814. The number of aromatic nitrogens is 1. The Hall–Kier alpha value is -1.66. The van der Waals surface area contributed by atoms with E-state index in [9.17, 15) is 9.90 Å². The number of nitrogens with zero attached hydrogens (tertiary/aromatic N) is 3. The molecule has 0 saturated carbocycles. The number of carbonyl (C=O) groups is 1. The predicted molar refractivity (Wildman–Crippen MR) is 80.2 cm³/mol. The molecule has 2 aliphatic rings. The summed E-state index contributed by atoms with van der Waals surface area (Å²) < 4.78 is 0. The molecule has 6 heteroatoms. The van der Waals surface area contributed by atoms with Crippen LogP contribution in [0.25, 0.3) is 0 Å². The van der Waals surface area contributed by atoms with E-state index < -0.39 is 6.10 Å². The zero-order valence-corrected chi connectivity index (χ0v) is 12.1. The molecular formula is C15H22N4O2. The molecule has 0 bridgehead atoms. The molecular weight excluding hydrogens is 268 g/mol. The molecule has 2 saturated heterocycles. The Labute approximate surface area is 124 Å². The summed E-state index contributed by atoms with van der Waals surface area (Å²) in [5, 5.41) is 9.89. The van der Waals surface area contributed by atoms with Crippen LogP contribution in [0.3, 0.4) is 0 Å². The van der Waals surface area contributed by atoms with Crippen molar-refractivity contribution in [3.63, 3.8) is 0 Å². The number of likely N-dealkylation sites (tertiary alicyclic amines) is 1. The van der Waals surface area contributed by atoms with Gasteiger partial charge < -0.3 is 20.6 Å². The van der Waals surface area contributed by atoms with Crippen LogP contribution in [0.15, 0.2) is 18.3 Å². The number of rotatable bonds is 2. The van der Waals surface area contributed by atoms with Crippen molar-refractivity contribution in [3.8, 4) is 0 Å². The molecule has 3 N–H and O–H groups in total. The van der Waals surface area contributed by atoms with Crippen molar-refractivity contribution < 1.29 is 9.90 Å². The van der Waals surface area contributed by atoms with E-state index in [4.69, 9.17) is 5.73 Å². The zero-order chi connectivity index (χ0) is 14.8. The van der Waals surface area contributed by atoms with E-state index in [1.165, 1.54) is 0 Å². The van der Waals surface area contributed by atoms with Crippen LogP contribution < -0.4 is 10.6 Å². The molecule has 0 radical (unpaired) electrons. The van der Waals surface area contributed by atoms with Crippen LogP contribution in [-0.2, 0) is 0 Å². The van der Waals surface area contributed by atoms with Gasteiger partial charge in [0, 0.05) is 44.0 Å². The second-order valence-corrected chi connectivity index (χ2v) is 5.87. The molecule has 3 rings (SSSR count). The Bertz CT molecular complexity index is 516. The summed E-state index contributed by atoms with van der Waals surface area (Å²) in [5.41, 5.74) is 6.49. The average molecular weight is 290 g/mol. The summed E-state index contributed by atoms with van der Waals surface area (Å²) in [7, 11) is 0. The zero-order valence-electron chi connectivity index (χ0n) is 12.1. The van der Waals surface area contributed by atoms with Crippen LogP contribution in [0.2, 0.25) is 0 Å². The molecule has 2 fully saturated rings. The van der Waals surface area contributed by atoms with Crippen molar-refractivity contribution in [2.24, 2.45) is 5.73 Å². The summed E-state index contributed by atoms with van der Waals surface area (Å²) in [6.07, 6.45) is 4.02. The standard InChI is InChI=1S/C15H22N4O2/c16-12-4-8-19(10-13(12)20)14-9-11(3-5-17-14)15(21)18-6-1-2-7-18/h3,5,9,12-13,20H,1-2,4,6-8,10,16H2/t12-,13-/m1/s1. The van der Waals surface area contributed by atoms with Gasteiger partial charge in [0.15, 0.2) is 0 Å². The summed E-state index contributed by atoms with van der Waals surface area (Å²) >= 11 is 0. The molecule has 0 unspecified atom stereocenters. The van der Waals surface area contributed by atoms with Gasteiger partial charge in [-0.15, -0.1) is 0 Å². The summed E-state index contributed by atoms with van der Waals surface area (Å²) in [6.45, 7) is 2.91. The van der Waals surface area contributed by atoms with Gasteiger partial charge in [0.1, 0.15) is 5.82 Å². The number of carbonyl (C=O) groups excluding carboxylic acids is 1. The van der Waals surface area contributed by atoms with Gasteiger partial charge in [0.2, 0.25) is 0 Å². The molecule has 2 atom stereocenters. The lowest BCUT2D eigenvalue weighted by molar-refractivity contribution is 0.0792. The Morgan fingerprint density at radius 1 is 1.33 bits per heavy atom. The van der Waals surface area contributed by atoms with Crippen LogP contribution in [0.4, 0.5) is 5.82 Å². The maximum absolute atomic E-state index is 12.4. The fourth-order valence-electron chi connectivity index (χ4n) is 2.99. The number of nitrogens with two attached hydrogens (primary N) is 1. The lowest BCUT2D eigenvalue weighted by atomic mass is 10.0. The topological polar surface area (TPSA) is 82.7 Å². The third kappa shape index (κ3) is 3.01. The first-order chi connectivity index (χ1) is 10.1. The number of aliphatic hydroxyl groups excluding tert-OH is 1. The lowest BCUT2D eigenvalue weighted by Crippen LogP contribution is -2.50. The molecule has 114 valence electrons. The molecule has 1 amide bonds. The highest BCUT2D eigenvalue weighted by atomic mass is 16.3. The largest absolute Gasteiger partial charge is 0.390 e. The first-order valence-corrected chi connectivity index (χ1v) is 7.59. The Balaban J connectivity index is 1.75. The van der Waals surface area contributed by atoms with Gasteiger partial charge in [0.05, 0.1) is 6.10 Å². The fourth-order valence-corrected chi connectivity index (χ4v) is 2.99. The van der Waals surface area contributed by atoms with Crippen LogP contribution in [0.1, 0.15) is 29.6 Å². The molecule has 6 nitrogen and oxygen atoms in total. The number of hydrogen-bond acceptors (Lipinski definition) is 5. The van der Waals surface area contributed by atoms with E-state index in [0.717, 1.165) is 44.7 Å². The van der Waals surface area contributed by atoms with Crippen LogP contribution in [0.5, 0.6) is 0 Å². The van der Waals surface area contributed by atoms with Crippen LogP contribution >= 0.6 is 0 Å². The van der Waals surface area contributed by atoms with Crippen molar-refractivity contribution in [2.45, 2.75) is 31.4 Å². The van der Waals surface area contributed by atoms with Gasteiger partial charge in [-0.25, -0.2) is 4.98 Å². The van der Waals surface area contributed by atoms with Crippen molar-refractivity contribution in [1.29, 1.82) is 0 Å². The molecule has 1 aromatic heterocycles. The smallest absolute Gasteiger partial charge is 0.254 e. The highest BCUT2D eigenvalue weighted by Gasteiger charge is 2.26. The summed E-state index contributed by atoms with van der Waals surface area (Å²) in [5.74, 6) is 0.816. The molecule has 0 aliphatic carbocycles. The second-order valence-electron chi connectivity index (χ2n) is 5.87.